The van der Waals surface area contributed by atoms with Crippen LogP contribution in [-0.2, 0) is 5.33 Å². The number of halogens is 2. The summed E-state index contributed by atoms with van der Waals surface area (Å²) in [6.07, 6.45) is 0. The summed E-state index contributed by atoms with van der Waals surface area (Å²) in [4.78, 5) is 0. The molecule has 0 saturated carbocycles. The van der Waals surface area contributed by atoms with Crippen LogP contribution in [0.4, 0.5) is 0 Å². The maximum Gasteiger partial charge on any atom is 0.169 e. The van der Waals surface area contributed by atoms with Crippen LogP contribution < -0.4 is 9.47 Å². The van der Waals surface area contributed by atoms with Gasteiger partial charge in [-0.15, -0.1) is 0 Å². The van der Waals surface area contributed by atoms with Crippen molar-refractivity contribution in [2.45, 2.75) is 5.33 Å². The summed E-state index contributed by atoms with van der Waals surface area (Å²) >= 11 is 9.38. The van der Waals surface area contributed by atoms with Crippen LogP contribution in [0.3, 0.4) is 0 Å². The standard InChI is InChI=1S/C14H12BrClO2/c1-17-13-4-2-3-5-14(13)18-12-7-6-11(16)8-10(12)9-15/h2-8H,9H2,1H3. The second kappa shape index (κ2) is 6.12. The zero-order valence-electron chi connectivity index (χ0n) is 9.82. The fourth-order valence-corrected chi connectivity index (χ4v) is 2.21. The van der Waals surface area contributed by atoms with Crippen molar-refractivity contribution >= 4 is 27.5 Å². The zero-order chi connectivity index (χ0) is 13.0. The van der Waals surface area contributed by atoms with E-state index in [-0.39, 0.29) is 0 Å². The molecule has 0 saturated heterocycles. The first kappa shape index (κ1) is 13.2. The number of rotatable bonds is 4. The molecule has 0 N–H and O–H groups in total. The van der Waals surface area contributed by atoms with Gasteiger partial charge in [0.05, 0.1) is 7.11 Å². The predicted molar refractivity (Wildman–Crippen MR) is 77.2 cm³/mol. The highest BCUT2D eigenvalue weighted by Crippen LogP contribution is 2.34. The Kier molecular flexibility index (Phi) is 4.50. The molecule has 0 aliphatic heterocycles. The number of hydrogen-bond donors (Lipinski definition) is 0. The van der Waals surface area contributed by atoms with Gasteiger partial charge in [0.2, 0.25) is 0 Å². The highest BCUT2D eigenvalue weighted by molar-refractivity contribution is 9.08. The van der Waals surface area contributed by atoms with Crippen LogP contribution in [-0.4, -0.2) is 7.11 Å². The van der Waals surface area contributed by atoms with E-state index in [1.807, 2.05) is 36.4 Å². The van der Waals surface area contributed by atoms with E-state index in [0.717, 1.165) is 11.3 Å². The topological polar surface area (TPSA) is 18.5 Å². The van der Waals surface area contributed by atoms with Crippen molar-refractivity contribution < 1.29 is 9.47 Å². The highest BCUT2D eigenvalue weighted by Gasteiger charge is 2.08. The number of benzene rings is 2. The molecule has 0 aliphatic rings. The molecule has 18 heavy (non-hydrogen) atoms. The first-order chi connectivity index (χ1) is 8.74. The Bertz CT molecular complexity index is 543. The summed E-state index contributed by atoms with van der Waals surface area (Å²) in [6.45, 7) is 0. The van der Waals surface area contributed by atoms with Crippen LogP contribution in [0.1, 0.15) is 5.56 Å². The molecule has 94 valence electrons. The quantitative estimate of drug-likeness (QED) is 0.733. The molecule has 0 atom stereocenters. The first-order valence-electron chi connectivity index (χ1n) is 5.40. The number of para-hydroxylation sites is 2. The van der Waals surface area contributed by atoms with Crippen molar-refractivity contribution in [1.82, 2.24) is 0 Å². The van der Waals surface area contributed by atoms with Gasteiger partial charge in [0, 0.05) is 15.9 Å². The van der Waals surface area contributed by atoms with Gasteiger partial charge in [-0.05, 0) is 30.3 Å². The predicted octanol–water partition coefficient (Wildman–Crippen LogP) is 5.04. The summed E-state index contributed by atoms with van der Waals surface area (Å²) in [5.74, 6) is 2.15. The van der Waals surface area contributed by atoms with Crippen molar-refractivity contribution in [3.8, 4) is 17.2 Å². The Balaban J connectivity index is 2.33. The fraction of sp³-hybridized carbons (Fsp3) is 0.143. The van der Waals surface area contributed by atoms with E-state index in [4.69, 9.17) is 21.1 Å². The van der Waals surface area contributed by atoms with Gasteiger partial charge < -0.3 is 9.47 Å². The van der Waals surface area contributed by atoms with Crippen molar-refractivity contribution in [3.05, 3.63) is 53.1 Å². The molecule has 0 bridgehead atoms. The van der Waals surface area contributed by atoms with Gasteiger partial charge in [-0.2, -0.15) is 0 Å². The van der Waals surface area contributed by atoms with Gasteiger partial charge in [-0.1, -0.05) is 39.7 Å². The van der Waals surface area contributed by atoms with Crippen molar-refractivity contribution in [3.63, 3.8) is 0 Å². The Morgan fingerprint density at radius 1 is 1.06 bits per heavy atom. The number of methoxy groups -OCH3 is 1. The third-order valence-electron chi connectivity index (χ3n) is 2.46. The third-order valence-corrected chi connectivity index (χ3v) is 3.29. The Morgan fingerprint density at radius 2 is 1.78 bits per heavy atom. The van der Waals surface area contributed by atoms with Crippen molar-refractivity contribution in [1.29, 1.82) is 0 Å². The van der Waals surface area contributed by atoms with Crippen LogP contribution >= 0.6 is 27.5 Å². The average Bonchev–Trinajstić information content (AvgIpc) is 2.41. The molecule has 0 aliphatic carbocycles. The van der Waals surface area contributed by atoms with Crippen molar-refractivity contribution in [2.24, 2.45) is 0 Å². The molecule has 0 heterocycles. The Hall–Kier alpha value is -1.19. The summed E-state index contributed by atoms with van der Waals surface area (Å²) in [5, 5.41) is 1.37. The maximum atomic E-state index is 5.96. The highest BCUT2D eigenvalue weighted by atomic mass is 79.9. The minimum atomic E-state index is 0.679. The van der Waals surface area contributed by atoms with Gasteiger partial charge in [0.25, 0.3) is 0 Å². The largest absolute Gasteiger partial charge is 0.493 e. The lowest BCUT2D eigenvalue weighted by Gasteiger charge is -2.12. The number of hydrogen-bond acceptors (Lipinski definition) is 2. The monoisotopic (exact) mass is 326 g/mol. The number of alkyl halides is 1. The van der Waals surface area contributed by atoms with E-state index in [1.165, 1.54) is 0 Å². The van der Waals surface area contributed by atoms with Crippen molar-refractivity contribution in [2.75, 3.05) is 7.11 Å². The van der Waals surface area contributed by atoms with E-state index < -0.39 is 0 Å². The molecule has 2 aromatic rings. The van der Waals surface area contributed by atoms with Gasteiger partial charge in [-0.3, -0.25) is 0 Å². The van der Waals surface area contributed by atoms with Crippen LogP contribution in [0.15, 0.2) is 42.5 Å². The van der Waals surface area contributed by atoms with E-state index >= 15 is 0 Å². The molecular weight excluding hydrogens is 316 g/mol. The summed E-state index contributed by atoms with van der Waals surface area (Å²) in [5.41, 5.74) is 0.994. The SMILES string of the molecule is COc1ccccc1Oc1ccc(Cl)cc1CBr. The van der Waals surface area contributed by atoms with Crippen LogP contribution in [0, 0.1) is 0 Å². The average molecular weight is 328 g/mol. The molecule has 0 unspecified atom stereocenters. The van der Waals surface area contributed by atoms with Gasteiger partial charge in [0.15, 0.2) is 11.5 Å². The normalized spacial score (nSPS) is 10.2. The van der Waals surface area contributed by atoms with Gasteiger partial charge in [-0.25, -0.2) is 0 Å². The molecule has 0 spiro atoms. The minimum absolute atomic E-state index is 0.679. The first-order valence-corrected chi connectivity index (χ1v) is 6.90. The summed E-state index contributed by atoms with van der Waals surface area (Å²) < 4.78 is 11.1. The van der Waals surface area contributed by atoms with E-state index in [2.05, 4.69) is 15.9 Å². The molecule has 2 rings (SSSR count). The van der Waals surface area contributed by atoms with E-state index in [0.29, 0.717) is 21.9 Å². The van der Waals surface area contributed by atoms with Crippen LogP contribution in [0.25, 0.3) is 0 Å². The Morgan fingerprint density at radius 3 is 2.44 bits per heavy atom. The second-order valence-electron chi connectivity index (χ2n) is 3.64. The van der Waals surface area contributed by atoms with Crippen LogP contribution in [0.5, 0.6) is 17.2 Å². The lowest BCUT2D eigenvalue weighted by molar-refractivity contribution is 0.378. The number of ether oxygens (including phenoxy) is 2. The molecule has 0 amide bonds. The molecular formula is C14H12BrClO2. The molecule has 2 nitrogen and oxygen atoms in total. The summed E-state index contributed by atoms with van der Waals surface area (Å²) in [7, 11) is 1.62. The molecule has 0 fully saturated rings. The lowest BCUT2D eigenvalue weighted by atomic mass is 10.2. The summed E-state index contributed by atoms with van der Waals surface area (Å²) in [6, 6.07) is 13.1. The molecule has 2 aromatic carbocycles. The minimum Gasteiger partial charge on any atom is -0.493 e. The fourth-order valence-electron chi connectivity index (χ4n) is 1.57. The Labute approximate surface area is 120 Å². The smallest absolute Gasteiger partial charge is 0.169 e. The van der Waals surface area contributed by atoms with E-state index in [1.54, 1.807) is 13.2 Å². The molecule has 4 heteroatoms. The zero-order valence-corrected chi connectivity index (χ0v) is 12.2. The molecule has 0 aromatic heterocycles. The van der Waals surface area contributed by atoms with Crippen LogP contribution in [0.2, 0.25) is 5.02 Å². The lowest BCUT2D eigenvalue weighted by Crippen LogP contribution is -1.92. The van der Waals surface area contributed by atoms with E-state index in [9.17, 15) is 0 Å². The van der Waals surface area contributed by atoms with Gasteiger partial charge >= 0.3 is 0 Å². The maximum absolute atomic E-state index is 5.96. The second-order valence-corrected chi connectivity index (χ2v) is 4.64. The third kappa shape index (κ3) is 2.98. The van der Waals surface area contributed by atoms with Gasteiger partial charge in [0.1, 0.15) is 5.75 Å². The molecule has 0 radical (unpaired) electrons.